The Hall–Kier alpha value is -2.71. The third-order valence-electron chi connectivity index (χ3n) is 3.76. The minimum atomic E-state index is -4.53. The van der Waals surface area contributed by atoms with E-state index in [0.717, 1.165) is 18.3 Å². The van der Waals surface area contributed by atoms with Gasteiger partial charge in [0.1, 0.15) is 5.69 Å². The van der Waals surface area contributed by atoms with Gasteiger partial charge in [0.05, 0.1) is 12.1 Å². The van der Waals surface area contributed by atoms with Crippen LogP contribution in [-0.2, 0) is 12.7 Å². The lowest BCUT2D eigenvalue weighted by Gasteiger charge is -2.39. The standard InChI is InChI=1S/C15H13F3N4O2/c16-15(17,18)12-4-3-11(6-19-12)14(24)21-7-10(8-21)9-22-13(23)2-1-5-20-22/h1-6,10H,7-9H2. The highest BCUT2D eigenvalue weighted by Crippen LogP contribution is 2.27. The maximum absolute atomic E-state index is 12.5. The Kier molecular flexibility index (Phi) is 4.08. The number of carbonyl (C=O) groups excluding carboxylic acids is 1. The first-order valence-corrected chi connectivity index (χ1v) is 7.19. The van der Waals surface area contributed by atoms with Crippen LogP contribution in [0.1, 0.15) is 16.1 Å². The van der Waals surface area contributed by atoms with Gasteiger partial charge in [-0.2, -0.15) is 18.3 Å². The van der Waals surface area contributed by atoms with Crippen LogP contribution in [0.4, 0.5) is 13.2 Å². The summed E-state index contributed by atoms with van der Waals surface area (Å²) in [4.78, 5) is 28.5. The average Bonchev–Trinajstić information content (AvgIpc) is 2.51. The van der Waals surface area contributed by atoms with Crippen LogP contribution in [0.5, 0.6) is 0 Å². The van der Waals surface area contributed by atoms with Gasteiger partial charge in [-0.1, -0.05) is 0 Å². The van der Waals surface area contributed by atoms with Crippen molar-refractivity contribution in [2.75, 3.05) is 13.1 Å². The molecule has 0 aliphatic carbocycles. The van der Waals surface area contributed by atoms with Gasteiger partial charge in [-0.3, -0.25) is 14.6 Å². The molecule has 3 heterocycles. The van der Waals surface area contributed by atoms with Crippen LogP contribution in [0.3, 0.4) is 0 Å². The van der Waals surface area contributed by atoms with Gasteiger partial charge >= 0.3 is 6.18 Å². The molecule has 1 saturated heterocycles. The van der Waals surface area contributed by atoms with Crippen molar-refractivity contribution >= 4 is 5.91 Å². The zero-order valence-corrected chi connectivity index (χ0v) is 12.4. The van der Waals surface area contributed by atoms with E-state index in [0.29, 0.717) is 19.6 Å². The molecule has 1 aliphatic rings. The molecule has 0 unspecified atom stereocenters. The number of aromatic nitrogens is 3. The smallest absolute Gasteiger partial charge is 0.338 e. The van der Waals surface area contributed by atoms with E-state index in [4.69, 9.17) is 0 Å². The molecule has 3 rings (SSSR count). The number of carbonyl (C=O) groups is 1. The predicted molar refractivity (Wildman–Crippen MR) is 77.1 cm³/mol. The summed E-state index contributed by atoms with van der Waals surface area (Å²) in [5.41, 5.74) is -1.14. The van der Waals surface area contributed by atoms with Crippen molar-refractivity contribution in [1.82, 2.24) is 19.7 Å². The van der Waals surface area contributed by atoms with Gasteiger partial charge in [0.15, 0.2) is 0 Å². The van der Waals surface area contributed by atoms with Gasteiger partial charge in [0.25, 0.3) is 11.5 Å². The molecule has 126 valence electrons. The molecule has 1 amide bonds. The molecule has 2 aromatic rings. The summed E-state index contributed by atoms with van der Waals surface area (Å²) in [6.07, 6.45) is -2.09. The van der Waals surface area contributed by atoms with Crippen LogP contribution < -0.4 is 5.56 Å². The van der Waals surface area contributed by atoms with Crippen molar-refractivity contribution in [2.24, 2.45) is 5.92 Å². The Morgan fingerprint density at radius 2 is 2.00 bits per heavy atom. The highest BCUT2D eigenvalue weighted by molar-refractivity contribution is 5.94. The Morgan fingerprint density at radius 1 is 1.25 bits per heavy atom. The fourth-order valence-corrected chi connectivity index (χ4v) is 2.49. The number of hydrogen-bond acceptors (Lipinski definition) is 4. The summed E-state index contributed by atoms with van der Waals surface area (Å²) < 4.78 is 38.7. The second-order valence-corrected chi connectivity index (χ2v) is 5.55. The average molecular weight is 338 g/mol. The quantitative estimate of drug-likeness (QED) is 0.849. The van der Waals surface area contributed by atoms with Crippen molar-refractivity contribution in [3.05, 3.63) is 58.3 Å². The van der Waals surface area contributed by atoms with E-state index < -0.39 is 11.9 Å². The molecule has 0 aromatic carbocycles. The summed E-state index contributed by atoms with van der Waals surface area (Å²) in [7, 11) is 0. The SMILES string of the molecule is O=C(c1ccc(C(F)(F)F)nc1)N1CC(Cn2ncccc2=O)C1. The van der Waals surface area contributed by atoms with Crippen molar-refractivity contribution in [3.8, 4) is 0 Å². The third-order valence-corrected chi connectivity index (χ3v) is 3.76. The first kappa shape index (κ1) is 16.2. The maximum atomic E-state index is 12.5. The lowest BCUT2D eigenvalue weighted by atomic mass is 9.99. The number of pyridine rings is 1. The molecule has 0 spiro atoms. The predicted octanol–water partition coefficient (Wildman–Crippen LogP) is 1.43. The van der Waals surface area contributed by atoms with E-state index in [1.165, 1.54) is 21.8 Å². The van der Waals surface area contributed by atoms with Crippen LogP contribution in [0.15, 0.2) is 41.5 Å². The number of alkyl halides is 3. The monoisotopic (exact) mass is 338 g/mol. The molecule has 1 fully saturated rings. The number of likely N-dealkylation sites (tertiary alicyclic amines) is 1. The first-order chi connectivity index (χ1) is 11.3. The van der Waals surface area contributed by atoms with Crippen molar-refractivity contribution in [3.63, 3.8) is 0 Å². The molecule has 9 heteroatoms. The van der Waals surface area contributed by atoms with Crippen LogP contribution in [-0.4, -0.2) is 38.7 Å². The van der Waals surface area contributed by atoms with E-state index >= 15 is 0 Å². The lowest BCUT2D eigenvalue weighted by molar-refractivity contribution is -0.141. The van der Waals surface area contributed by atoms with Crippen LogP contribution in [0.2, 0.25) is 0 Å². The number of nitrogens with zero attached hydrogens (tertiary/aromatic N) is 4. The summed E-state index contributed by atoms with van der Waals surface area (Å²) in [5.74, 6) is -0.287. The molecule has 0 atom stereocenters. The number of hydrogen-bond donors (Lipinski definition) is 0. The Bertz CT molecular complexity index is 795. The van der Waals surface area contributed by atoms with Crippen molar-refractivity contribution in [1.29, 1.82) is 0 Å². The van der Waals surface area contributed by atoms with Crippen molar-refractivity contribution < 1.29 is 18.0 Å². The van der Waals surface area contributed by atoms with Gasteiger partial charge in [-0.25, -0.2) is 4.68 Å². The molecule has 0 saturated carbocycles. The zero-order chi connectivity index (χ0) is 17.3. The molecular weight excluding hydrogens is 325 g/mol. The van der Waals surface area contributed by atoms with Crippen molar-refractivity contribution in [2.45, 2.75) is 12.7 Å². The van der Waals surface area contributed by atoms with E-state index in [1.54, 1.807) is 6.07 Å². The highest BCUT2D eigenvalue weighted by Gasteiger charge is 2.34. The second-order valence-electron chi connectivity index (χ2n) is 5.55. The van der Waals surface area contributed by atoms with E-state index in [2.05, 4.69) is 10.1 Å². The van der Waals surface area contributed by atoms with Gasteiger partial charge in [0.2, 0.25) is 0 Å². The van der Waals surface area contributed by atoms with Crippen LogP contribution in [0, 0.1) is 5.92 Å². The third kappa shape index (κ3) is 3.29. The molecule has 1 aliphatic heterocycles. The fraction of sp³-hybridized carbons (Fsp3) is 0.333. The normalized spacial score (nSPS) is 15.2. The van der Waals surface area contributed by atoms with E-state index in [-0.39, 0.29) is 22.9 Å². The summed E-state index contributed by atoms with van der Waals surface area (Å²) in [6.45, 7) is 1.24. The fourth-order valence-electron chi connectivity index (χ4n) is 2.49. The van der Waals surface area contributed by atoms with Gasteiger partial charge in [-0.05, 0) is 18.2 Å². The largest absolute Gasteiger partial charge is 0.433 e. The summed E-state index contributed by atoms with van der Waals surface area (Å²) >= 11 is 0. The maximum Gasteiger partial charge on any atom is 0.433 e. The zero-order valence-electron chi connectivity index (χ0n) is 12.4. The minimum Gasteiger partial charge on any atom is -0.338 e. The lowest BCUT2D eigenvalue weighted by Crippen LogP contribution is -2.52. The molecule has 2 aromatic heterocycles. The van der Waals surface area contributed by atoms with Crippen LogP contribution >= 0.6 is 0 Å². The van der Waals surface area contributed by atoms with Gasteiger partial charge < -0.3 is 4.90 Å². The molecule has 6 nitrogen and oxygen atoms in total. The number of halogens is 3. The second kappa shape index (κ2) is 6.06. The molecule has 24 heavy (non-hydrogen) atoms. The summed E-state index contributed by atoms with van der Waals surface area (Å²) in [5, 5.41) is 3.95. The Labute approximate surface area is 134 Å². The van der Waals surface area contributed by atoms with E-state index in [1.807, 2.05) is 0 Å². The topological polar surface area (TPSA) is 68.1 Å². The number of rotatable bonds is 3. The molecule has 0 radical (unpaired) electrons. The molecule has 0 N–H and O–H groups in total. The van der Waals surface area contributed by atoms with Gasteiger partial charge in [-0.15, -0.1) is 0 Å². The minimum absolute atomic E-state index is 0.0870. The summed E-state index contributed by atoms with van der Waals surface area (Å²) in [6, 6.07) is 4.86. The van der Waals surface area contributed by atoms with Crippen LogP contribution in [0.25, 0.3) is 0 Å². The van der Waals surface area contributed by atoms with Gasteiger partial charge in [0, 0.05) is 37.5 Å². The van der Waals surface area contributed by atoms with E-state index in [9.17, 15) is 22.8 Å². The Balaban J connectivity index is 1.59. The number of amides is 1. The highest BCUT2D eigenvalue weighted by atomic mass is 19.4. The molecule has 0 bridgehead atoms. The first-order valence-electron chi connectivity index (χ1n) is 7.19. The Morgan fingerprint density at radius 3 is 2.58 bits per heavy atom. The molecular formula is C15H13F3N4O2.